The van der Waals surface area contributed by atoms with E-state index in [1.165, 1.54) is 29.7 Å². The van der Waals surface area contributed by atoms with Crippen LogP contribution in [0.4, 0.5) is 5.69 Å². The lowest BCUT2D eigenvalue weighted by Crippen LogP contribution is -2.21. The first-order valence-electron chi connectivity index (χ1n) is 6.80. The lowest BCUT2D eigenvalue weighted by molar-refractivity contribution is -0.384. The number of hydrogen-bond acceptors (Lipinski definition) is 6. The highest BCUT2D eigenvalue weighted by Crippen LogP contribution is 2.29. The minimum Gasteiger partial charge on any atom is -0.369 e. The van der Waals surface area contributed by atoms with E-state index in [4.69, 9.17) is 11.5 Å². The zero-order valence-corrected chi connectivity index (χ0v) is 13.4. The van der Waals surface area contributed by atoms with Crippen LogP contribution in [-0.2, 0) is 0 Å². The lowest BCUT2D eigenvalue weighted by Gasteiger charge is -2.01. The number of guanidine groups is 1. The van der Waals surface area contributed by atoms with E-state index in [1.807, 2.05) is 16.7 Å². The summed E-state index contributed by atoms with van der Waals surface area (Å²) in [5, 5.41) is 20.4. The summed E-state index contributed by atoms with van der Waals surface area (Å²) in [5.74, 6) is -0.161. The van der Waals surface area contributed by atoms with Gasteiger partial charge in [0, 0.05) is 28.8 Å². The molecule has 0 unspecified atom stereocenters. The predicted molar refractivity (Wildman–Crippen MR) is 93.3 cm³/mol. The fraction of sp³-hybridized carbons (Fsp3) is 0.0714. The molecule has 0 radical (unpaired) electrons. The average Bonchev–Trinajstić information content (AvgIpc) is 3.08. The highest BCUT2D eigenvalue weighted by molar-refractivity contribution is 7.15. The van der Waals surface area contributed by atoms with Gasteiger partial charge in [0.1, 0.15) is 0 Å². The second kappa shape index (κ2) is 6.08. The van der Waals surface area contributed by atoms with Crippen molar-refractivity contribution in [2.45, 2.75) is 6.92 Å². The molecule has 0 aliphatic rings. The molecule has 0 fully saturated rings. The molecular formula is C14H13N7O2S. The maximum Gasteiger partial charge on any atom is 0.270 e. The molecule has 4 N–H and O–H groups in total. The summed E-state index contributed by atoms with van der Waals surface area (Å²) in [4.78, 5) is 15.9. The van der Waals surface area contributed by atoms with Crippen LogP contribution in [0.1, 0.15) is 11.4 Å². The van der Waals surface area contributed by atoms with Crippen LogP contribution in [0.25, 0.3) is 16.2 Å². The van der Waals surface area contributed by atoms with E-state index in [0.29, 0.717) is 17.0 Å². The molecule has 0 amide bonds. The van der Waals surface area contributed by atoms with Crippen LogP contribution in [0.5, 0.6) is 0 Å². The predicted octanol–water partition coefficient (Wildman–Crippen LogP) is 1.89. The van der Waals surface area contributed by atoms with Crippen LogP contribution in [0.3, 0.4) is 0 Å². The van der Waals surface area contributed by atoms with Gasteiger partial charge in [0.2, 0.25) is 5.96 Å². The maximum atomic E-state index is 11.0. The van der Waals surface area contributed by atoms with Gasteiger partial charge in [-0.2, -0.15) is 5.10 Å². The highest BCUT2D eigenvalue weighted by atomic mass is 32.1. The average molecular weight is 343 g/mol. The van der Waals surface area contributed by atoms with E-state index in [2.05, 4.69) is 15.2 Å². The third-order valence-electron chi connectivity index (χ3n) is 3.25. The summed E-state index contributed by atoms with van der Waals surface area (Å²) >= 11 is 1.46. The van der Waals surface area contributed by atoms with E-state index in [0.717, 1.165) is 10.7 Å². The smallest absolute Gasteiger partial charge is 0.270 e. The van der Waals surface area contributed by atoms with Gasteiger partial charge in [0.15, 0.2) is 4.96 Å². The Hall–Kier alpha value is -3.27. The maximum absolute atomic E-state index is 11.0. The number of rotatable bonds is 4. The van der Waals surface area contributed by atoms with Gasteiger partial charge in [-0.1, -0.05) is 12.1 Å². The van der Waals surface area contributed by atoms with Crippen molar-refractivity contribution in [2.75, 3.05) is 0 Å². The van der Waals surface area contributed by atoms with Crippen molar-refractivity contribution >= 4 is 34.2 Å². The Morgan fingerprint density at radius 2 is 2.25 bits per heavy atom. The molecule has 0 bridgehead atoms. The van der Waals surface area contributed by atoms with Gasteiger partial charge >= 0.3 is 0 Å². The largest absolute Gasteiger partial charge is 0.369 e. The monoisotopic (exact) mass is 343 g/mol. The number of fused-ring (bicyclic) bond motifs is 1. The minimum absolute atomic E-state index is 0.00677. The second-order valence-electron chi connectivity index (χ2n) is 4.92. The number of benzene rings is 1. The Morgan fingerprint density at radius 1 is 1.46 bits per heavy atom. The molecular weight excluding hydrogens is 330 g/mol. The molecule has 1 aromatic carbocycles. The van der Waals surface area contributed by atoms with Gasteiger partial charge in [0.05, 0.1) is 22.5 Å². The van der Waals surface area contributed by atoms with E-state index >= 15 is 0 Å². The van der Waals surface area contributed by atoms with Crippen molar-refractivity contribution in [1.29, 1.82) is 0 Å². The van der Waals surface area contributed by atoms with Gasteiger partial charge in [-0.25, -0.2) is 4.98 Å². The number of thiazole rings is 1. The van der Waals surface area contributed by atoms with Gasteiger partial charge in [-0.15, -0.1) is 16.4 Å². The fourth-order valence-corrected chi connectivity index (χ4v) is 3.14. The molecule has 10 heteroatoms. The number of nitrogens with two attached hydrogens (primary N) is 2. The third-order valence-corrected chi connectivity index (χ3v) is 4.20. The molecule has 2 heterocycles. The Bertz CT molecular complexity index is 982. The molecule has 2 aromatic heterocycles. The van der Waals surface area contributed by atoms with E-state index in [9.17, 15) is 10.1 Å². The molecule has 122 valence electrons. The van der Waals surface area contributed by atoms with Gasteiger partial charge in [-0.3, -0.25) is 14.5 Å². The fourth-order valence-electron chi connectivity index (χ4n) is 2.27. The molecule has 9 nitrogen and oxygen atoms in total. The van der Waals surface area contributed by atoms with Crippen molar-refractivity contribution in [1.82, 2.24) is 9.38 Å². The molecule has 0 aliphatic carbocycles. The van der Waals surface area contributed by atoms with Crippen LogP contribution >= 0.6 is 11.3 Å². The molecule has 0 atom stereocenters. The summed E-state index contributed by atoms with van der Waals surface area (Å²) in [6.07, 6.45) is 1.48. The zero-order chi connectivity index (χ0) is 17.3. The molecule has 24 heavy (non-hydrogen) atoms. The highest BCUT2D eigenvalue weighted by Gasteiger charge is 2.17. The Balaban J connectivity index is 2.20. The minimum atomic E-state index is -0.444. The molecule has 0 spiro atoms. The first-order valence-corrected chi connectivity index (χ1v) is 7.68. The van der Waals surface area contributed by atoms with E-state index in [1.54, 1.807) is 12.1 Å². The summed E-state index contributed by atoms with van der Waals surface area (Å²) in [5.41, 5.74) is 13.3. The first kappa shape index (κ1) is 15.6. The second-order valence-corrected chi connectivity index (χ2v) is 5.75. The van der Waals surface area contributed by atoms with Crippen molar-refractivity contribution in [3.05, 3.63) is 51.1 Å². The number of aryl methyl sites for hydroxylation is 1. The lowest BCUT2D eigenvalue weighted by atomic mass is 10.1. The van der Waals surface area contributed by atoms with Gasteiger partial charge in [0.25, 0.3) is 5.69 Å². The van der Waals surface area contributed by atoms with Crippen molar-refractivity contribution in [2.24, 2.45) is 21.7 Å². The molecule has 0 saturated heterocycles. The standard InChI is InChI=1S/C14H13N7O2S/c1-8-7-24-14-18-12(9-3-2-4-10(5-9)21(22)23)11(20(8)14)6-17-19-13(15)16/h2-7H,1H3,(H4,15,16,19)/b17-6+. The summed E-state index contributed by atoms with van der Waals surface area (Å²) in [7, 11) is 0. The molecule has 0 aliphatic heterocycles. The molecule has 0 saturated carbocycles. The van der Waals surface area contributed by atoms with E-state index < -0.39 is 4.92 Å². The topological polar surface area (TPSA) is 137 Å². The summed E-state index contributed by atoms with van der Waals surface area (Å²) in [6.45, 7) is 1.93. The number of hydrogen-bond donors (Lipinski definition) is 2. The molecule has 3 aromatic rings. The van der Waals surface area contributed by atoms with Crippen LogP contribution in [0, 0.1) is 17.0 Å². The van der Waals surface area contributed by atoms with Crippen molar-refractivity contribution in [3.63, 3.8) is 0 Å². The molecule has 3 rings (SSSR count). The van der Waals surface area contributed by atoms with E-state index in [-0.39, 0.29) is 11.6 Å². The quantitative estimate of drug-likeness (QED) is 0.322. The zero-order valence-electron chi connectivity index (χ0n) is 12.6. The Kier molecular flexibility index (Phi) is 3.96. The number of nitrogens with zero attached hydrogens (tertiary/aromatic N) is 5. The van der Waals surface area contributed by atoms with Crippen LogP contribution in [0.15, 0.2) is 39.8 Å². The number of aromatic nitrogens is 2. The van der Waals surface area contributed by atoms with Gasteiger partial charge in [-0.05, 0) is 6.92 Å². The number of non-ortho nitro benzene ring substituents is 1. The normalized spacial score (nSPS) is 11.2. The number of nitro benzene ring substituents is 1. The first-order chi connectivity index (χ1) is 11.5. The SMILES string of the molecule is Cc1csc2nc(-c3cccc([N+](=O)[O-])c3)c(/C=N/N=C(N)N)n12. The van der Waals surface area contributed by atoms with Crippen LogP contribution in [-0.4, -0.2) is 26.5 Å². The summed E-state index contributed by atoms with van der Waals surface area (Å²) in [6, 6.07) is 6.28. The van der Waals surface area contributed by atoms with Crippen LogP contribution < -0.4 is 11.5 Å². The number of imidazole rings is 1. The van der Waals surface area contributed by atoms with Crippen LogP contribution in [0.2, 0.25) is 0 Å². The van der Waals surface area contributed by atoms with Gasteiger partial charge < -0.3 is 11.5 Å². The Morgan fingerprint density at radius 3 is 2.96 bits per heavy atom. The third kappa shape index (κ3) is 2.82. The van der Waals surface area contributed by atoms with Crippen molar-refractivity contribution < 1.29 is 4.92 Å². The summed E-state index contributed by atoms with van der Waals surface area (Å²) < 4.78 is 1.89. The Labute approximate surface area is 140 Å². The van der Waals surface area contributed by atoms with Crippen molar-refractivity contribution in [3.8, 4) is 11.3 Å². The number of nitro groups is 1.